The number of carbonyl (C=O) groups is 3. The maximum absolute atomic E-state index is 13.4. The number of hydrogen-bond donors (Lipinski definition) is 1. The molecule has 0 aromatic heterocycles. The number of likely N-dealkylation sites (N-methyl/N-ethyl adjacent to an activating group) is 1. The van der Waals surface area contributed by atoms with Gasteiger partial charge in [-0.3, -0.25) is 14.4 Å². The Bertz CT molecular complexity index is 1260. The van der Waals surface area contributed by atoms with Gasteiger partial charge in [0.2, 0.25) is 12.1 Å². The van der Waals surface area contributed by atoms with Gasteiger partial charge in [0, 0.05) is 43.1 Å². The van der Waals surface area contributed by atoms with Gasteiger partial charge in [-0.25, -0.2) is 8.78 Å². The summed E-state index contributed by atoms with van der Waals surface area (Å²) in [5, 5.41) is 2.64. The van der Waals surface area contributed by atoms with Crippen LogP contribution in [0, 0.1) is 17.6 Å². The van der Waals surface area contributed by atoms with E-state index in [9.17, 15) is 23.2 Å². The van der Waals surface area contributed by atoms with E-state index in [0.29, 0.717) is 5.69 Å². The van der Waals surface area contributed by atoms with Crippen molar-refractivity contribution in [3.63, 3.8) is 0 Å². The van der Waals surface area contributed by atoms with Crippen molar-refractivity contribution in [1.82, 2.24) is 5.32 Å². The van der Waals surface area contributed by atoms with Crippen LogP contribution in [0.15, 0.2) is 72.8 Å². The molecule has 3 aromatic rings. The van der Waals surface area contributed by atoms with Crippen LogP contribution in [0.25, 0.3) is 0 Å². The minimum Gasteiger partial charge on any atom is -0.336 e. The maximum atomic E-state index is 13.4. The third kappa shape index (κ3) is 5.66. The monoisotopic (exact) mass is 492 g/mol. The van der Waals surface area contributed by atoms with E-state index in [-0.39, 0.29) is 24.2 Å². The molecule has 3 aromatic carbocycles. The Balaban J connectivity index is 1.49. The lowest BCUT2D eigenvalue weighted by Crippen LogP contribution is -2.49. The highest BCUT2D eigenvalue weighted by Crippen LogP contribution is 2.36. The predicted octanol–water partition coefficient (Wildman–Crippen LogP) is 4.33. The molecule has 8 heteroatoms. The van der Waals surface area contributed by atoms with Crippen molar-refractivity contribution >= 4 is 23.3 Å². The first-order valence-corrected chi connectivity index (χ1v) is 11.6. The number of halogens is 2. The SMILES string of the molecule is C[C@@H](CC(=O)Cc1cc(F)cc(F)c1)C(=O)NC1OC(c2ccccc2)c2ccccc2N(C)C1=O. The Morgan fingerprint density at radius 3 is 2.33 bits per heavy atom. The number of Topliss-reactive ketones (excluding diaryl/α,β-unsaturated/α-hetero) is 1. The highest BCUT2D eigenvalue weighted by Gasteiger charge is 2.36. The predicted molar refractivity (Wildman–Crippen MR) is 130 cm³/mol. The molecule has 0 saturated carbocycles. The first-order valence-electron chi connectivity index (χ1n) is 11.6. The van der Waals surface area contributed by atoms with Crippen LogP contribution in [0.1, 0.15) is 36.1 Å². The van der Waals surface area contributed by atoms with E-state index in [4.69, 9.17) is 4.74 Å². The van der Waals surface area contributed by atoms with Gasteiger partial charge in [-0.15, -0.1) is 0 Å². The Morgan fingerprint density at radius 1 is 1.00 bits per heavy atom. The van der Waals surface area contributed by atoms with Crippen LogP contribution < -0.4 is 10.2 Å². The van der Waals surface area contributed by atoms with Crippen LogP contribution in [0.3, 0.4) is 0 Å². The molecule has 6 nitrogen and oxygen atoms in total. The Labute approximate surface area is 207 Å². The average Bonchev–Trinajstić information content (AvgIpc) is 2.94. The molecule has 0 saturated heterocycles. The number of carbonyl (C=O) groups excluding carboxylic acids is 3. The highest BCUT2D eigenvalue weighted by molar-refractivity contribution is 5.99. The zero-order valence-corrected chi connectivity index (χ0v) is 19.9. The zero-order chi connectivity index (χ0) is 25.8. The second-order valence-electron chi connectivity index (χ2n) is 8.87. The van der Waals surface area contributed by atoms with Gasteiger partial charge in [-0.2, -0.15) is 0 Å². The molecule has 186 valence electrons. The topological polar surface area (TPSA) is 75.7 Å². The summed E-state index contributed by atoms with van der Waals surface area (Å²) in [6.45, 7) is 1.55. The lowest BCUT2D eigenvalue weighted by atomic mass is 9.99. The molecule has 1 N–H and O–H groups in total. The first kappa shape index (κ1) is 25.2. The van der Waals surface area contributed by atoms with Crippen LogP contribution in [0.2, 0.25) is 0 Å². The summed E-state index contributed by atoms with van der Waals surface area (Å²) in [7, 11) is 1.61. The van der Waals surface area contributed by atoms with E-state index in [2.05, 4.69) is 5.32 Å². The number of fused-ring (bicyclic) bond motifs is 1. The van der Waals surface area contributed by atoms with E-state index in [1.807, 2.05) is 54.6 Å². The minimum atomic E-state index is -1.28. The van der Waals surface area contributed by atoms with E-state index in [1.165, 1.54) is 4.90 Å². The number of benzene rings is 3. The number of rotatable bonds is 7. The highest BCUT2D eigenvalue weighted by atomic mass is 19.1. The largest absolute Gasteiger partial charge is 0.336 e. The van der Waals surface area contributed by atoms with Crippen molar-refractivity contribution in [3.8, 4) is 0 Å². The average molecular weight is 493 g/mol. The molecule has 1 aliphatic heterocycles. The fourth-order valence-electron chi connectivity index (χ4n) is 4.28. The number of nitrogens with one attached hydrogen (secondary N) is 1. The van der Waals surface area contributed by atoms with Crippen molar-refractivity contribution < 1.29 is 27.9 Å². The summed E-state index contributed by atoms with van der Waals surface area (Å²) < 4.78 is 33.0. The molecule has 0 spiro atoms. The van der Waals surface area contributed by atoms with Crippen molar-refractivity contribution in [2.45, 2.75) is 32.1 Å². The van der Waals surface area contributed by atoms with Gasteiger partial charge < -0.3 is 15.0 Å². The van der Waals surface area contributed by atoms with E-state index >= 15 is 0 Å². The van der Waals surface area contributed by atoms with E-state index < -0.39 is 41.7 Å². The third-order valence-corrected chi connectivity index (χ3v) is 6.09. The van der Waals surface area contributed by atoms with Gasteiger partial charge in [-0.1, -0.05) is 55.5 Å². The first-order chi connectivity index (χ1) is 17.2. The van der Waals surface area contributed by atoms with Crippen LogP contribution >= 0.6 is 0 Å². The molecule has 0 aliphatic carbocycles. The Morgan fingerprint density at radius 2 is 1.64 bits per heavy atom. The van der Waals surface area contributed by atoms with Crippen LogP contribution in [0.5, 0.6) is 0 Å². The maximum Gasteiger partial charge on any atom is 0.276 e. The number of amides is 2. The number of ether oxygens (including phenoxy) is 1. The van der Waals surface area contributed by atoms with Gasteiger partial charge in [0.1, 0.15) is 23.5 Å². The van der Waals surface area contributed by atoms with Crippen LogP contribution in [-0.4, -0.2) is 30.9 Å². The smallest absolute Gasteiger partial charge is 0.276 e. The van der Waals surface area contributed by atoms with Crippen molar-refractivity contribution in [2.24, 2.45) is 5.92 Å². The van der Waals surface area contributed by atoms with Gasteiger partial charge >= 0.3 is 0 Å². The summed E-state index contributed by atoms with van der Waals surface area (Å²) >= 11 is 0. The summed E-state index contributed by atoms with van der Waals surface area (Å²) in [4.78, 5) is 40.1. The van der Waals surface area contributed by atoms with Gasteiger partial charge in [-0.05, 0) is 29.3 Å². The molecule has 2 unspecified atom stereocenters. The molecule has 2 amide bonds. The van der Waals surface area contributed by atoms with Gasteiger partial charge in [0.05, 0.1) is 0 Å². The number of nitrogens with zero attached hydrogens (tertiary/aromatic N) is 1. The molecule has 3 atom stereocenters. The number of anilines is 1. The molecular formula is C28H26F2N2O4. The number of para-hydroxylation sites is 1. The van der Waals surface area contributed by atoms with Crippen LogP contribution in [-0.2, 0) is 25.5 Å². The van der Waals surface area contributed by atoms with Crippen molar-refractivity contribution in [1.29, 1.82) is 0 Å². The molecule has 1 heterocycles. The number of ketones is 1. The molecule has 0 fully saturated rings. The Hall–Kier alpha value is -3.91. The lowest BCUT2D eigenvalue weighted by molar-refractivity contribution is -0.143. The molecule has 0 bridgehead atoms. The van der Waals surface area contributed by atoms with Crippen molar-refractivity contribution in [3.05, 3.63) is 101 Å². The standard InChI is InChI=1S/C28H26F2N2O4/c1-17(12-22(33)15-18-13-20(29)16-21(30)14-18)26(34)31-27-28(35)32(2)24-11-7-6-10-23(24)25(36-27)19-8-4-3-5-9-19/h3-11,13-14,16-17,25,27H,12,15H2,1-2H3,(H,31,34)/t17-,25?,27?/m0/s1. The van der Waals surface area contributed by atoms with Gasteiger partial charge in [0.15, 0.2) is 0 Å². The molecule has 1 aliphatic rings. The van der Waals surface area contributed by atoms with E-state index in [1.54, 1.807) is 14.0 Å². The summed E-state index contributed by atoms with van der Waals surface area (Å²) in [5.41, 5.74) is 2.45. The van der Waals surface area contributed by atoms with Gasteiger partial charge in [0.25, 0.3) is 5.91 Å². The molecule has 0 radical (unpaired) electrons. The van der Waals surface area contributed by atoms with E-state index in [0.717, 1.165) is 29.3 Å². The van der Waals surface area contributed by atoms with Crippen molar-refractivity contribution in [2.75, 3.05) is 11.9 Å². The second-order valence-corrected chi connectivity index (χ2v) is 8.87. The summed E-state index contributed by atoms with van der Waals surface area (Å²) in [6.07, 6.45) is -2.26. The fourth-order valence-corrected chi connectivity index (χ4v) is 4.28. The summed E-state index contributed by atoms with van der Waals surface area (Å²) in [6, 6.07) is 19.6. The second kappa shape index (κ2) is 10.8. The molecular weight excluding hydrogens is 466 g/mol. The zero-order valence-electron chi connectivity index (χ0n) is 19.9. The Kier molecular flexibility index (Phi) is 7.55. The third-order valence-electron chi connectivity index (χ3n) is 6.09. The summed E-state index contributed by atoms with van der Waals surface area (Å²) in [5.74, 6) is -3.70. The molecule has 4 rings (SSSR count). The molecule has 36 heavy (non-hydrogen) atoms. The van der Waals surface area contributed by atoms with Crippen LogP contribution in [0.4, 0.5) is 14.5 Å². The minimum absolute atomic E-state index is 0.164. The lowest BCUT2D eigenvalue weighted by Gasteiger charge is -2.24. The number of hydrogen-bond acceptors (Lipinski definition) is 4. The quantitative estimate of drug-likeness (QED) is 0.533. The normalized spacial score (nSPS) is 18.2. The fraction of sp³-hybridized carbons (Fsp3) is 0.250.